The normalized spacial score (nSPS) is 10.7. The molecule has 0 bridgehead atoms. The summed E-state index contributed by atoms with van der Waals surface area (Å²) >= 11 is 3.48. The Bertz CT molecular complexity index is 560. The molecule has 2 N–H and O–H groups in total. The summed E-state index contributed by atoms with van der Waals surface area (Å²) in [7, 11) is 0. The molecule has 0 aliphatic heterocycles. The molecule has 2 nitrogen and oxygen atoms in total. The third-order valence-electron chi connectivity index (χ3n) is 2.83. The lowest BCUT2D eigenvalue weighted by Crippen LogP contribution is -2.00. The Labute approximate surface area is 120 Å². The molecule has 100 valence electrons. The van der Waals surface area contributed by atoms with E-state index < -0.39 is 0 Å². The molecule has 0 saturated heterocycles. The maximum absolute atomic E-state index is 13.4. The monoisotopic (exact) mass is 323 g/mol. The van der Waals surface area contributed by atoms with E-state index in [4.69, 9.17) is 10.5 Å². The second-order valence-electron chi connectivity index (χ2n) is 4.21. The van der Waals surface area contributed by atoms with Crippen molar-refractivity contribution in [2.75, 3.05) is 0 Å². The molecule has 0 atom stereocenters. The average molecular weight is 324 g/mol. The first-order valence-corrected chi connectivity index (χ1v) is 6.78. The zero-order valence-corrected chi connectivity index (χ0v) is 12.0. The molecular formula is C15H15BrFNO. The standard InChI is InChI=1S/C15H15BrFNO/c16-14-7-11(8-18)5-6-12(14)9-19-10-13-3-1-2-4-15(13)17/h1-7H,8-10,18H2. The van der Waals surface area contributed by atoms with E-state index in [-0.39, 0.29) is 12.4 Å². The summed E-state index contributed by atoms with van der Waals surface area (Å²) in [5.41, 5.74) is 8.22. The van der Waals surface area contributed by atoms with Crippen LogP contribution in [0.5, 0.6) is 0 Å². The number of hydrogen-bond acceptors (Lipinski definition) is 2. The van der Waals surface area contributed by atoms with Crippen LogP contribution in [0.4, 0.5) is 4.39 Å². The van der Waals surface area contributed by atoms with Gasteiger partial charge in [-0.1, -0.05) is 46.3 Å². The first kappa shape index (κ1) is 14.2. The zero-order valence-electron chi connectivity index (χ0n) is 10.4. The average Bonchev–Trinajstić information content (AvgIpc) is 2.42. The maximum atomic E-state index is 13.4. The summed E-state index contributed by atoms with van der Waals surface area (Å²) in [6, 6.07) is 12.5. The Morgan fingerprint density at radius 3 is 2.47 bits per heavy atom. The molecule has 0 saturated carbocycles. The van der Waals surface area contributed by atoms with Crippen molar-refractivity contribution in [2.45, 2.75) is 19.8 Å². The summed E-state index contributed by atoms with van der Waals surface area (Å²) < 4.78 is 19.9. The molecule has 0 radical (unpaired) electrons. The molecule has 4 heteroatoms. The maximum Gasteiger partial charge on any atom is 0.128 e. The Balaban J connectivity index is 1.94. The van der Waals surface area contributed by atoms with Gasteiger partial charge in [0.05, 0.1) is 13.2 Å². The van der Waals surface area contributed by atoms with Crippen LogP contribution in [-0.2, 0) is 24.5 Å². The minimum absolute atomic E-state index is 0.236. The van der Waals surface area contributed by atoms with Gasteiger partial charge in [0.1, 0.15) is 5.82 Å². The van der Waals surface area contributed by atoms with Crippen molar-refractivity contribution in [3.8, 4) is 0 Å². The molecule has 0 fully saturated rings. The Kier molecular flexibility index (Phi) is 5.07. The largest absolute Gasteiger partial charge is 0.372 e. The molecule has 0 aliphatic carbocycles. The minimum Gasteiger partial charge on any atom is -0.372 e. The van der Waals surface area contributed by atoms with Gasteiger partial charge in [0, 0.05) is 16.6 Å². The van der Waals surface area contributed by atoms with Gasteiger partial charge >= 0.3 is 0 Å². The van der Waals surface area contributed by atoms with Crippen LogP contribution in [0.3, 0.4) is 0 Å². The van der Waals surface area contributed by atoms with Gasteiger partial charge < -0.3 is 10.5 Å². The minimum atomic E-state index is -0.236. The van der Waals surface area contributed by atoms with Gasteiger partial charge in [-0.05, 0) is 23.3 Å². The van der Waals surface area contributed by atoms with E-state index in [1.807, 2.05) is 18.2 Å². The predicted molar refractivity (Wildman–Crippen MR) is 76.9 cm³/mol. The fourth-order valence-corrected chi connectivity index (χ4v) is 2.26. The predicted octanol–water partition coefficient (Wildman–Crippen LogP) is 3.76. The van der Waals surface area contributed by atoms with Crippen molar-refractivity contribution >= 4 is 15.9 Å². The van der Waals surface area contributed by atoms with E-state index in [0.29, 0.717) is 18.7 Å². The van der Waals surface area contributed by atoms with Gasteiger partial charge in [0.25, 0.3) is 0 Å². The van der Waals surface area contributed by atoms with Crippen LogP contribution in [0.1, 0.15) is 16.7 Å². The van der Waals surface area contributed by atoms with Crippen molar-refractivity contribution in [3.05, 3.63) is 69.4 Å². The zero-order chi connectivity index (χ0) is 13.7. The summed E-state index contributed by atoms with van der Waals surface area (Å²) in [5, 5.41) is 0. The second kappa shape index (κ2) is 6.80. The Hall–Kier alpha value is -1.23. The second-order valence-corrected chi connectivity index (χ2v) is 5.07. The topological polar surface area (TPSA) is 35.2 Å². The molecule has 0 unspecified atom stereocenters. The third kappa shape index (κ3) is 3.86. The van der Waals surface area contributed by atoms with Crippen molar-refractivity contribution in [3.63, 3.8) is 0 Å². The lowest BCUT2D eigenvalue weighted by Gasteiger charge is -2.08. The van der Waals surface area contributed by atoms with Gasteiger partial charge in [-0.25, -0.2) is 4.39 Å². The number of rotatable bonds is 5. The molecule has 0 aromatic heterocycles. The highest BCUT2D eigenvalue weighted by Crippen LogP contribution is 2.20. The number of halogens is 2. The van der Waals surface area contributed by atoms with Crippen molar-refractivity contribution < 1.29 is 9.13 Å². The van der Waals surface area contributed by atoms with Crippen LogP contribution in [0.15, 0.2) is 46.9 Å². The number of nitrogens with two attached hydrogens (primary N) is 1. The molecule has 0 spiro atoms. The lowest BCUT2D eigenvalue weighted by atomic mass is 10.1. The molecule has 2 aromatic rings. The van der Waals surface area contributed by atoms with Crippen LogP contribution in [0, 0.1) is 5.82 Å². The van der Waals surface area contributed by atoms with E-state index in [2.05, 4.69) is 15.9 Å². The van der Waals surface area contributed by atoms with Gasteiger partial charge in [-0.3, -0.25) is 0 Å². The molecule has 0 amide bonds. The molecule has 2 aromatic carbocycles. The summed E-state index contributed by atoms with van der Waals surface area (Å²) in [6.07, 6.45) is 0. The fraction of sp³-hybridized carbons (Fsp3) is 0.200. The first-order chi connectivity index (χ1) is 9.20. The van der Waals surface area contributed by atoms with Gasteiger partial charge in [0.2, 0.25) is 0 Å². The van der Waals surface area contributed by atoms with Crippen molar-refractivity contribution in [1.29, 1.82) is 0 Å². The summed E-state index contributed by atoms with van der Waals surface area (Å²) in [5.74, 6) is -0.236. The molecule has 0 aliphatic rings. The number of benzene rings is 2. The highest BCUT2D eigenvalue weighted by molar-refractivity contribution is 9.10. The molecule has 2 rings (SSSR count). The molecular weight excluding hydrogens is 309 g/mol. The quantitative estimate of drug-likeness (QED) is 0.909. The first-order valence-electron chi connectivity index (χ1n) is 5.99. The molecule has 19 heavy (non-hydrogen) atoms. The van der Waals surface area contributed by atoms with Crippen LogP contribution in [0.2, 0.25) is 0 Å². The fourth-order valence-electron chi connectivity index (χ4n) is 1.72. The molecule has 0 heterocycles. The van der Waals surface area contributed by atoms with Gasteiger partial charge in [-0.2, -0.15) is 0 Å². The SMILES string of the molecule is NCc1ccc(COCc2ccccc2F)c(Br)c1. The van der Waals surface area contributed by atoms with E-state index in [0.717, 1.165) is 15.6 Å². The van der Waals surface area contributed by atoms with E-state index in [1.54, 1.807) is 18.2 Å². The van der Waals surface area contributed by atoms with E-state index >= 15 is 0 Å². The van der Waals surface area contributed by atoms with Gasteiger partial charge in [-0.15, -0.1) is 0 Å². The van der Waals surface area contributed by atoms with Gasteiger partial charge in [0.15, 0.2) is 0 Å². The summed E-state index contributed by atoms with van der Waals surface area (Å²) in [4.78, 5) is 0. The van der Waals surface area contributed by atoms with Crippen LogP contribution in [-0.4, -0.2) is 0 Å². The van der Waals surface area contributed by atoms with Crippen LogP contribution < -0.4 is 5.73 Å². The van der Waals surface area contributed by atoms with Crippen molar-refractivity contribution in [1.82, 2.24) is 0 Å². The highest BCUT2D eigenvalue weighted by Gasteiger charge is 2.04. The number of ether oxygens (including phenoxy) is 1. The number of hydrogen-bond donors (Lipinski definition) is 1. The smallest absolute Gasteiger partial charge is 0.128 e. The van der Waals surface area contributed by atoms with Crippen LogP contribution >= 0.6 is 15.9 Å². The lowest BCUT2D eigenvalue weighted by molar-refractivity contribution is 0.104. The van der Waals surface area contributed by atoms with E-state index in [1.165, 1.54) is 6.07 Å². The van der Waals surface area contributed by atoms with E-state index in [9.17, 15) is 4.39 Å². The summed E-state index contributed by atoms with van der Waals surface area (Å²) in [6.45, 7) is 1.20. The Morgan fingerprint density at radius 1 is 1.05 bits per heavy atom. The highest BCUT2D eigenvalue weighted by atomic mass is 79.9. The van der Waals surface area contributed by atoms with Crippen molar-refractivity contribution in [2.24, 2.45) is 5.73 Å². The van der Waals surface area contributed by atoms with Crippen LogP contribution in [0.25, 0.3) is 0 Å². The third-order valence-corrected chi connectivity index (χ3v) is 3.56. The Morgan fingerprint density at radius 2 is 1.79 bits per heavy atom.